The highest BCUT2D eigenvalue weighted by Crippen LogP contribution is 2.08. The monoisotopic (exact) mass is 224 g/mol. The number of hydrogen-bond donors (Lipinski definition) is 1. The van der Waals surface area contributed by atoms with Crippen LogP contribution in [0.5, 0.6) is 0 Å². The van der Waals surface area contributed by atoms with Crippen molar-refractivity contribution in [1.82, 2.24) is 0 Å². The van der Waals surface area contributed by atoms with E-state index in [1.807, 2.05) is 0 Å². The summed E-state index contributed by atoms with van der Waals surface area (Å²) in [7, 11) is 0. The summed E-state index contributed by atoms with van der Waals surface area (Å²) in [6.45, 7) is 0.0108. The van der Waals surface area contributed by atoms with Crippen molar-refractivity contribution < 1.29 is 25.0 Å². The minimum Gasteiger partial charge on any atom is -0.396 e. The predicted molar refractivity (Wildman–Crippen MR) is 45.5 cm³/mol. The van der Waals surface area contributed by atoms with Crippen molar-refractivity contribution in [3.8, 4) is 0 Å². The van der Waals surface area contributed by atoms with Crippen LogP contribution in [-0.2, 0) is 9.68 Å². The molecule has 0 aliphatic heterocycles. The zero-order valence-corrected chi connectivity index (χ0v) is 7.90. The van der Waals surface area contributed by atoms with Gasteiger partial charge in [-0.15, -0.1) is 20.2 Å². The first-order chi connectivity index (χ1) is 7.06. The Kier molecular flexibility index (Phi) is 6.89. The molecule has 0 radical (unpaired) electrons. The SMILES string of the molecule is O=[N+]([O-])OC(CCCCCO)O[N+](=O)[O-]. The van der Waals surface area contributed by atoms with Gasteiger partial charge < -0.3 is 5.11 Å². The van der Waals surface area contributed by atoms with Crippen LogP contribution in [0.1, 0.15) is 25.7 Å². The lowest BCUT2D eigenvalue weighted by atomic mass is 10.2. The molecule has 0 aromatic heterocycles. The first-order valence-corrected chi connectivity index (χ1v) is 4.29. The van der Waals surface area contributed by atoms with Gasteiger partial charge in [-0.2, -0.15) is 0 Å². The van der Waals surface area contributed by atoms with Gasteiger partial charge in [-0.05, 0) is 19.3 Å². The van der Waals surface area contributed by atoms with Crippen LogP contribution in [0, 0.1) is 20.2 Å². The van der Waals surface area contributed by atoms with Crippen LogP contribution in [0.3, 0.4) is 0 Å². The van der Waals surface area contributed by atoms with E-state index in [9.17, 15) is 20.2 Å². The Morgan fingerprint density at radius 3 is 2.00 bits per heavy atom. The average Bonchev–Trinajstić information content (AvgIpc) is 2.10. The third-order valence-corrected chi connectivity index (χ3v) is 1.51. The van der Waals surface area contributed by atoms with E-state index in [-0.39, 0.29) is 13.0 Å². The average molecular weight is 224 g/mol. The molecule has 0 saturated heterocycles. The molecule has 0 heterocycles. The Morgan fingerprint density at radius 2 is 1.60 bits per heavy atom. The Hall–Kier alpha value is -1.64. The van der Waals surface area contributed by atoms with Crippen LogP contribution in [0.4, 0.5) is 0 Å². The molecule has 0 amide bonds. The minimum atomic E-state index is -1.49. The van der Waals surface area contributed by atoms with E-state index in [1.165, 1.54) is 0 Å². The maximum absolute atomic E-state index is 9.92. The molecule has 0 aliphatic rings. The lowest BCUT2D eigenvalue weighted by Crippen LogP contribution is -2.23. The smallest absolute Gasteiger partial charge is 0.296 e. The Morgan fingerprint density at radius 1 is 1.07 bits per heavy atom. The summed E-state index contributed by atoms with van der Waals surface area (Å²) in [6.07, 6.45) is 0.0990. The first kappa shape index (κ1) is 13.4. The van der Waals surface area contributed by atoms with Gasteiger partial charge in [-0.1, -0.05) is 6.42 Å². The number of aliphatic hydroxyl groups is 1. The molecule has 9 nitrogen and oxygen atoms in total. The summed E-state index contributed by atoms with van der Waals surface area (Å²) in [5.74, 6) is 0. The Balaban J connectivity index is 3.79. The lowest BCUT2D eigenvalue weighted by molar-refractivity contribution is -0.851. The van der Waals surface area contributed by atoms with E-state index in [1.54, 1.807) is 0 Å². The molecule has 0 bridgehead atoms. The Bertz CT molecular complexity index is 194. The molecule has 0 spiro atoms. The quantitative estimate of drug-likeness (QED) is 0.258. The van der Waals surface area contributed by atoms with Crippen LogP contribution in [0.25, 0.3) is 0 Å². The summed E-state index contributed by atoms with van der Waals surface area (Å²) in [6, 6.07) is 0. The van der Waals surface area contributed by atoms with E-state index in [4.69, 9.17) is 5.11 Å². The van der Waals surface area contributed by atoms with Crippen molar-refractivity contribution in [2.75, 3.05) is 6.61 Å². The summed E-state index contributed by atoms with van der Waals surface area (Å²) in [5.41, 5.74) is 0. The molecule has 0 unspecified atom stereocenters. The van der Waals surface area contributed by atoms with Gasteiger partial charge >= 0.3 is 0 Å². The van der Waals surface area contributed by atoms with Crippen LogP contribution < -0.4 is 0 Å². The number of aliphatic hydroxyl groups excluding tert-OH is 1. The fourth-order valence-corrected chi connectivity index (χ4v) is 0.916. The topological polar surface area (TPSA) is 125 Å². The van der Waals surface area contributed by atoms with Crippen molar-refractivity contribution in [2.24, 2.45) is 0 Å². The minimum absolute atomic E-state index is 0.0108. The highest BCUT2D eigenvalue weighted by Gasteiger charge is 2.16. The van der Waals surface area contributed by atoms with Gasteiger partial charge in [0, 0.05) is 6.61 Å². The van der Waals surface area contributed by atoms with Crippen molar-refractivity contribution in [3.63, 3.8) is 0 Å². The molecule has 0 aromatic carbocycles. The number of rotatable bonds is 9. The molecule has 0 aromatic rings. The van der Waals surface area contributed by atoms with Crippen molar-refractivity contribution >= 4 is 0 Å². The fraction of sp³-hybridized carbons (Fsp3) is 1.00. The van der Waals surface area contributed by atoms with Gasteiger partial charge in [0.2, 0.25) is 0 Å². The number of unbranched alkanes of at least 4 members (excludes halogenated alkanes) is 2. The van der Waals surface area contributed by atoms with E-state index >= 15 is 0 Å². The highest BCUT2D eigenvalue weighted by atomic mass is 17.0. The molecular formula is C6H12N2O7. The van der Waals surface area contributed by atoms with E-state index < -0.39 is 16.5 Å². The fourth-order valence-electron chi connectivity index (χ4n) is 0.916. The van der Waals surface area contributed by atoms with Crippen LogP contribution in [0.15, 0.2) is 0 Å². The molecule has 0 saturated carbocycles. The molecular weight excluding hydrogens is 212 g/mol. The molecule has 0 aliphatic carbocycles. The third kappa shape index (κ3) is 8.68. The van der Waals surface area contributed by atoms with Gasteiger partial charge in [-0.3, -0.25) is 9.68 Å². The van der Waals surface area contributed by atoms with Gasteiger partial charge in [0.1, 0.15) is 0 Å². The molecule has 1 N–H and O–H groups in total. The van der Waals surface area contributed by atoms with Crippen molar-refractivity contribution in [1.29, 1.82) is 0 Å². The van der Waals surface area contributed by atoms with Crippen LogP contribution >= 0.6 is 0 Å². The van der Waals surface area contributed by atoms with E-state index in [2.05, 4.69) is 9.68 Å². The largest absolute Gasteiger partial charge is 0.396 e. The standard InChI is InChI=1S/C6H12N2O7/c9-5-3-1-2-4-6(14-7(10)11)15-8(12)13/h6,9H,1-5H2. The van der Waals surface area contributed by atoms with Gasteiger partial charge in [0.15, 0.2) is 0 Å². The lowest BCUT2D eigenvalue weighted by Gasteiger charge is -2.11. The second-order valence-corrected chi connectivity index (χ2v) is 2.66. The maximum Gasteiger partial charge on any atom is 0.296 e. The van der Waals surface area contributed by atoms with E-state index in [0.29, 0.717) is 19.3 Å². The zero-order valence-electron chi connectivity index (χ0n) is 7.90. The summed E-state index contributed by atoms with van der Waals surface area (Å²) < 4.78 is 0. The predicted octanol–water partition coefficient (Wildman–Crippen LogP) is 0.282. The van der Waals surface area contributed by atoms with Gasteiger partial charge in [0.25, 0.3) is 16.5 Å². The third-order valence-electron chi connectivity index (χ3n) is 1.51. The summed E-state index contributed by atoms with van der Waals surface area (Å²) in [5, 5.41) is 26.0. The Labute approximate surface area is 84.8 Å². The second kappa shape index (κ2) is 7.74. The summed E-state index contributed by atoms with van der Waals surface area (Å²) >= 11 is 0. The number of nitrogens with zero attached hydrogens (tertiary/aromatic N) is 2. The van der Waals surface area contributed by atoms with E-state index in [0.717, 1.165) is 0 Å². The highest BCUT2D eigenvalue weighted by molar-refractivity contribution is 4.44. The molecule has 0 rings (SSSR count). The van der Waals surface area contributed by atoms with Crippen molar-refractivity contribution in [3.05, 3.63) is 20.2 Å². The molecule has 88 valence electrons. The van der Waals surface area contributed by atoms with Crippen molar-refractivity contribution in [2.45, 2.75) is 32.0 Å². The molecule has 0 fully saturated rings. The first-order valence-electron chi connectivity index (χ1n) is 4.29. The van der Waals surface area contributed by atoms with Gasteiger partial charge in [-0.25, -0.2) is 0 Å². The van der Waals surface area contributed by atoms with Gasteiger partial charge in [0.05, 0.1) is 0 Å². The number of hydrogen-bond acceptors (Lipinski definition) is 7. The molecule has 9 heteroatoms. The molecule has 0 atom stereocenters. The molecule has 15 heavy (non-hydrogen) atoms. The summed E-state index contributed by atoms with van der Waals surface area (Å²) in [4.78, 5) is 27.7. The van der Waals surface area contributed by atoms with Crippen LogP contribution in [0.2, 0.25) is 0 Å². The van der Waals surface area contributed by atoms with Crippen LogP contribution in [-0.4, -0.2) is 28.2 Å². The second-order valence-electron chi connectivity index (χ2n) is 2.66. The zero-order chi connectivity index (χ0) is 11.7. The normalized spacial score (nSPS) is 10.0. The maximum atomic E-state index is 9.92.